The lowest BCUT2D eigenvalue weighted by atomic mass is 10.0. The Morgan fingerprint density at radius 2 is 2.06 bits per heavy atom. The number of ether oxygens (including phenoxy) is 1. The molecule has 17 heavy (non-hydrogen) atoms. The molecule has 3 heteroatoms. The summed E-state index contributed by atoms with van der Waals surface area (Å²) in [6.07, 6.45) is 1.44. The molecule has 0 fully saturated rings. The number of benzene rings is 1. The molecule has 0 aliphatic rings. The summed E-state index contributed by atoms with van der Waals surface area (Å²) >= 11 is 0. The van der Waals surface area contributed by atoms with Gasteiger partial charge in [-0.25, -0.2) is 0 Å². The standard InChI is InChI=1S/C14H16O3/c1-10-7-8-17-14(10)12(15)9-11-5-3-4-6-13(11)16-2/h3-8,12,15H,9H2,1-2H3. The second kappa shape index (κ2) is 5.06. The Bertz CT molecular complexity index is 488. The van der Waals surface area contributed by atoms with Crippen molar-refractivity contribution in [2.75, 3.05) is 7.11 Å². The second-order valence-electron chi connectivity index (χ2n) is 4.00. The van der Waals surface area contributed by atoms with Gasteiger partial charge < -0.3 is 14.3 Å². The molecule has 2 aromatic rings. The zero-order valence-corrected chi connectivity index (χ0v) is 10.0. The van der Waals surface area contributed by atoms with Crippen LogP contribution in [0.5, 0.6) is 5.75 Å². The van der Waals surface area contributed by atoms with Gasteiger partial charge >= 0.3 is 0 Å². The lowest BCUT2D eigenvalue weighted by molar-refractivity contribution is 0.148. The van der Waals surface area contributed by atoms with Gasteiger partial charge in [-0.2, -0.15) is 0 Å². The Morgan fingerprint density at radius 1 is 1.29 bits per heavy atom. The summed E-state index contributed by atoms with van der Waals surface area (Å²) in [5, 5.41) is 10.1. The molecule has 0 bridgehead atoms. The van der Waals surface area contributed by atoms with Gasteiger partial charge in [0.2, 0.25) is 0 Å². The number of aryl methyl sites for hydroxylation is 1. The van der Waals surface area contributed by atoms with Crippen LogP contribution in [0.25, 0.3) is 0 Å². The maximum atomic E-state index is 10.1. The Morgan fingerprint density at radius 3 is 2.71 bits per heavy atom. The van der Waals surface area contributed by atoms with E-state index in [1.807, 2.05) is 37.3 Å². The predicted molar refractivity (Wildman–Crippen MR) is 65.1 cm³/mol. The fourth-order valence-corrected chi connectivity index (χ4v) is 1.90. The third kappa shape index (κ3) is 2.50. The van der Waals surface area contributed by atoms with Gasteiger partial charge in [-0.15, -0.1) is 0 Å². The van der Waals surface area contributed by atoms with Gasteiger partial charge in [-0.3, -0.25) is 0 Å². The van der Waals surface area contributed by atoms with Gasteiger partial charge in [0, 0.05) is 6.42 Å². The summed E-state index contributed by atoms with van der Waals surface area (Å²) in [7, 11) is 1.63. The topological polar surface area (TPSA) is 42.6 Å². The summed E-state index contributed by atoms with van der Waals surface area (Å²) < 4.78 is 10.5. The van der Waals surface area contributed by atoms with E-state index in [0.29, 0.717) is 12.2 Å². The lowest BCUT2D eigenvalue weighted by Gasteiger charge is -2.12. The molecule has 1 unspecified atom stereocenters. The highest BCUT2D eigenvalue weighted by Crippen LogP contribution is 2.26. The van der Waals surface area contributed by atoms with E-state index < -0.39 is 6.10 Å². The fourth-order valence-electron chi connectivity index (χ4n) is 1.90. The summed E-state index contributed by atoms with van der Waals surface area (Å²) in [6.45, 7) is 1.92. The molecule has 2 rings (SSSR count). The van der Waals surface area contributed by atoms with Crippen molar-refractivity contribution >= 4 is 0 Å². The summed E-state index contributed by atoms with van der Waals surface area (Å²) in [5.41, 5.74) is 1.94. The van der Waals surface area contributed by atoms with Crippen LogP contribution in [0.4, 0.5) is 0 Å². The monoisotopic (exact) mass is 232 g/mol. The largest absolute Gasteiger partial charge is 0.496 e. The minimum absolute atomic E-state index is 0.484. The van der Waals surface area contributed by atoms with Crippen molar-refractivity contribution in [1.82, 2.24) is 0 Å². The van der Waals surface area contributed by atoms with Crippen molar-refractivity contribution in [1.29, 1.82) is 0 Å². The van der Waals surface area contributed by atoms with E-state index in [1.165, 1.54) is 0 Å². The Labute approximate surface area is 101 Å². The normalized spacial score (nSPS) is 12.4. The van der Waals surface area contributed by atoms with E-state index in [2.05, 4.69) is 0 Å². The highest BCUT2D eigenvalue weighted by molar-refractivity contribution is 5.34. The van der Waals surface area contributed by atoms with Crippen LogP contribution in [0.2, 0.25) is 0 Å². The average Bonchev–Trinajstić information content (AvgIpc) is 2.76. The van der Waals surface area contributed by atoms with E-state index in [-0.39, 0.29) is 0 Å². The molecule has 90 valence electrons. The smallest absolute Gasteiger partial charge is 0.135 e. The predicted octanol–water partition coefficient (Wildman–Crippen LogP) is 2.87. The van der Waals surface area contributed by atoms with Crippen LogP contribution in [-0.2, 0) is 6.42 Å². The van der Waals surface area contributed by atoms with Gasteiger partial charge in [-0.05, 0) is 30.2 Å². The fraction of sp³-hybridized carbons (Fsp3) is 0.286. The van der Waals surface area contributed by atoms with Crippen molar-refractivity contribution < 1.29 is 14.3 Å². The molecule has 1 aromatic carbocycles. The molecule has 0 saturated carbocycles. The molecule has 1 aromatic heterocycles. The molecule has 1 N–H and O–H groups in total. The van der Waals surface area contributed by atoms with Crippen LogP contribution in [0, 0.1) is 6.92 Å². The van der Waals surface area contributed by atoms with E-state index >= 15 is 0 Å². The number of para-hydroxylation sites is 1. The van der Waals surface area contributed by atoms with Gasteiger partial charge in [0.25, 0.3) is 0 Å². The molecular weight excluding hydrogens is 216 g/mol. The molecule has 3 nitrogen and oxygen atoms in total. The molecule has 0 aliphatic carbocycles. The van der Waals surface area contributed by atoms with E-state index in [9.17, 15) is 5.11 Å². The Hall–Kier alpha value is -1.74. The number of methoxy groups -OCH3 is 1. The van der Waals surface area contributed by atoms with Crippen molar-refractivity contribution in [3.05, 3.63) is 53.5 Å². The van der Waals surface area contributed by atoms with Crippen LogP contribution in [0.1, 0.15) is 23.0 Å². The number of hydrogen-bond donors (Lipinski definition) is 1. The van der Waals surface area contributed by atoms with Crippen molar-refractivity contribution in [3.63, 3.8) is 0 Å². The molecule has 0 saturated heterocycles. The first-order chi connectivity index (χ1) is 8.22. The quantitative estimate of drug-likeness (QED) is 0.881. The molecular formula is C14H16O3. The lowest BCUT2D eigenvalue weighted by Crippen LogP contribution is -2.03. The number of furan rings is 1. The highest BCUT2D eigenvalue weighted by atomic mass is 16.5. The Kier molecular flexibility index (Phi) is 3.49. The number of rotatable bonds is 4. The minimum atomic E-state index is -0.638. The second-order valence-corrected chi connectivity index (χ2v) is 4.00. The first-order valence-corrected chi connectivity index (χ1v) is 5.56. The highest BCUT2D eigenvalue weighted by Gasteiger charge is 2.16. The van der Waals surface area contributed by atoms with Gasteiger partial charge in [0.05, 0.1) is 13.4 Å². The molecule has 0 spiro atoms. The van der Waals surface area contributed by atoms with Crippen LogP contribution >= 0.6 is 0 Å². The maximum absolute atomic E-state index is 10.1. The van der Waals surface area contributed by atoms with Crippen molar-refractivity contribution in [2.24, 2.45) is 0 Å². The van der Waals surface area contributed by atoms with Crippen LogP contribution in [-0.4, -0.2) is 12.2 Å². The molecule has 0 amide bonds. The molecule has 1 heterocycles. The Balaban J connectivity index is 2.18. The third-order valence-corrected chi connectivity index (χ3v) is 2.81. The maximum Gasteiger partial charge on any atom is 0.135 e. The zero-order chi connectivity index (χ0) is 12.3. The molecule has 0 aliphatic heterocycles. The number of aliphatic hydroxyl groups is 1. The molecule has 0 radical (unpaired) electrons. The van der Waals surface area contributed by atoms with E-state index in [4.69, 9.17) is 9.15 Å². The summed E-state index contributed by atoms with van der Waals surface area (Å²) in [5.74, 6) is 1.41. The van der Waals surface area contributed by atoms with Gasteiger partial charge in [0.1, 0.15) is 17.6 Å². The SMILES string of the molecule is COc1ccccc1CC(O)c1occc1C. The average molecular weight is 232 g/mol. The first kappa shape index (κ1) is 11.7. The molecule has 1 atom stereocenters. The van der Waals surface area contributed by atoms with Gasteiger partial charge in [0.15, 0.2) is 0 Å². The van der Waals surface area contributed by atoms with Crippen LogP contribution in [0.3, 0.4) is 0 Å². The van der Waals surface area contributed by atoms with E-state index in [0.717, 1.165) is 16.9 Å². The van der Waals surface area contributed by atoms with Crippen molar-refractivity contribution in [2.45, 2.75) is 19.4 Å². The van der Waals surface area contributed by atoms with Crippen LogP contribution < -0.4 is 4.74 Å². The van der Waals surface area contributed by atoms with Crippen molar-refractivity contribution in [3.8, 4) is 5.75 Å². The van der Waals surface area contributed by atoms with E-state index in [1.54, 1.807) is 13.4 Å². The number of aliphatic hydroxyl groups excluding tert-OH is 1. The van der Waals surface area contributed by atoms with Gasteiger partial charge in [-0.1, -0.05) is 18.2 Å². The number of hydrogen-bond acceptors (Lipinski definition) is 3. The summed E-state index contributed by atoms with van der Waals surface area (Å²) in [6, 6.07) is 9.52. The minimum Gasteiger partial charge on any atom is -0.496 e. The third-order valence-electron chi connectivity index (χ3n) is 2.81. The first-order valence-electron chi connectivity index (χ1n) is 5.56. The summed E-state index contributed by atoms with van der Waals surface area (Å²) in [4.78, 5) is 0. The van der Waals surface area contributed by atoms with Crippen LogP contribution in [0.15, 0.2) is 41.0 Å². The zero-order valence-electron chi connectivity index (χ0n) is 10.0.